The maximum atomic E-state index is 8.48. The van der Waals surface area contributed by atoms with Crippen LogP contribution in [0.3, 0.4) is 0 Å². The topological polar surface area (TPSA) is 32.3 Å². The first-order valence-corrected chi connectivity index (χ1v) is 2.83. The average Bonchev–Trinajstić information content (AvgIpc) is 1.83. The van der Waals surface area contributed by atoms with E-state index in [4.69, 9.17) is 13.0 Å². The zero-order valence-electron chi connectivity index (χ0n) is 5.22. The first-order valence-electron chi connectivity index (χ1n) is 2.83. The molecule has 0 aliphatic rings. The van der Waals surface area contributed by atoms with E-state index in [1.807, 2.05) is 6.92 Å². The highest BCUT2D eigenvalue weighted by atomic mass is 16.3. The van der Waals surface area contributed by atoms with Gasteiger partial charge in [-0.1, -0.05) is 6.92 Å². The molecule has 2 N–H and O–H groups in total. The Labute approximate surface area is 51.7 Å². The smallest absolute Gasteiger partial charge is 0.0859 e. The van der Waals surface area contributed by atoms with Gasteiger partial charge in [0.25, 0.3) is 0 Å². The Balaban J connectivity index is 2.86. The lowest BCUT2D eigenvalue weighted by Gasteiger charge is -2.06. The summed E-state index contributed by atoms with van der Waals surface area (Å²) in [5.41, 5.74) is 0. The van der Waals surface area contributed by atoms with E-state index in [9.17, 15) is 0 Å². The number of nitrogens with one attached hydrogen (secondary N) is 1. The molecule has 1 unspecified atom stereocenters. The van der Waals surface area contributed by atoms with Gasteiger partial charge in [0.15, 0.2) is 0 Å². The van der Waals surface area contributed by atoms with Crippen LogP contribution in [-0.2, 0) is 0 Å². The van der Waals surface area contributed by atoms with E-state index in [0.29, 0.717) is 12.4 Å². The highest BCUT2D eigenvalue weighted by Gasteiger charge is 1.94. The van der Waals surface area contributed by atoms with Gasteiger partial charge >= 0.3 is 0 Å². The summed E-state index contributed by atoms with van der Waals surface area (Å²) in [6, 6.07) is 0. The van der Waals surface area contributed by atoms with Crippen molar-refractivity contribution in [1.82, 2.24) is 5.32 Å². The number of rotatable bonds is 4. The molecule has 0 rings (SSSR count). The van der Waals surface area contributed by atoms with Crippen LogP contribution >= 0.6 is 0 Å². The molecule has 0 saturated carbocycles. The van der Waals surface area contributed by atoms with Crippen molar-refractivity contribution in [2.45, 2.75) is 6.92 Å². The fourth-order valence-electron chi connectivity index (χ4n) is 0.394. The third-order valence-electron chi connectivity index (χ3n) is 0.949. The van der Waals surface area contributed by atoms with E-state index in [-0.39, 0.29) is 6.61 Å². The molecular weight excluding hydrogens is 101 g/mol. The largest absolute Gasteiger partial charge is 0.396 e. The second kappa shape index (κ2) is 5.13. The molecule has 0 aliphatic carbocycles. The van der Waals surface area contributed by atoms with Gasteiger partial charge < -0.3 is 10.4 Å². The molecule has 0 heterocycles. The van der Waals surface area contributed by atoms with Gasteiger partial charge in [-0.25, -0.2) is 0 Å². The lowest BCUT2D eigenvalue weighted by molar-refractivity contribution is 0.235. The SMILES string of the molecule is [B]CNCC(C)CO. The molecule has 0 saturated heterocycles. The van der Waals surface area contributed by atoms with Crippen LogP contribution in [0.4, 0.5) is 0 Å². The summed E-state index contributed by atoms with van der Waals surface area (Å²) >= 11 is 0. The lowest BCUT2D eigenvalue weighted by Crippen LogP contribution is -2.23. The number of hydrogen-bond acceptors (Lipinski definition) is 2. The molecule has 0 bridgehead atoms. The van der Waals surface area contributed by atoms with Crippen LogP contribution in [0.2, 0.25) is 0 Å². The fraction of sp³-hybridized carbons (Fsp3) is 1.00. The van der Waals surface area contributed by atoms with Gasteiger partial charge in [-0.05, 0) is 18.9 Å². The summed E-state index contributed by atoms with van der Waals surface area (Å²) in [4.78, 5) is 0. The third-order valence-corrected chi connectivity index (χ3v) is 0.949. The first-order chi connectivity index (χ1) is 3.81. The van der Waals surface area contributed by atoms with E-state index >= 15 is 0 Å². The lowest BCUT2D eigenvalue weighted by atomic mass is 10.1. The molecule has 0 spiro atoms. The zero-order chi connectivity index (χ0) is 6.41. The van der Waals surface area contributed by atoms with Crippen LogP contribution in [-0.4, -0.2) is 32.5 Å². The highest BCUT2D eigenvalue weighted by Crippen LogP contribution is 1.86. The highest BCUT2D eigenvalue weighted by molar-refractivity contribution is 6.08. The minimum absolute atomic E-state index is 0.229. The minimum atomic E-state index is 0.229. The van der Waals surface area contributed by atoms with Gasteiger partial charge in [0, 0.05) is 6.61 Å². The normalized spacial score (nSPS) is 13.8. The monoisotopic (exact) mass is 113 g/mol. The zero-order valence-corrected chi connectivity index (χ0v) is 5.22. The van der Waals surface area contributed by atoms with Gasteiger partial charge in [0.1, 0.15) is 0 Å². The van der Waals surface area contributed by atoms with Crippen molar-refractivity contribution < 1.29 is 5.11 Å². The fourth-order valence-corrected chi connectivity index (χ4v) is 0.394. The Bertz CT molecular complexity index is 51.7. The minimum Gasteiger partial charge on any atom is -0.396 e. The molecule has 0 amide bonds. The maximum Gasteiger partial charge on any atom is 0.0859 e. The molecule has 8 heavy (non-hydrogen) atoms. The third kappa shape index (κ3) is 4.15. The van der Waals surface area contributed by atoms with Gasteiger partial charge in [0.2, 0.25) is 0 Å². The predicted molar refractivity (Wildman–Crippen MR) is 34.9 cm³/mol. The van der Waals surface area contributed by atoms with Crippen molar-refractivity contribution >= 4 is 7.85 Å². The summed E-state index contributed by atoms with van der Waals surface area (Å²) < 4.78 is 0. The van der Waals surface area contributed by atoms with Crippen LogP contribution in [0, 0.1) is 5.92 Å². The first kappa shape index (κ1) is 7.98. The Morgan fingerprint density at radius 2 is 2.38 bits per heavy atom. The molecule has 46 valence electrons. The Hall–Kier alpha value is -0.0151. The van der Waals surface area contributed by atoms with Crippen molar-refractivity contribution in [2.24, 2.45) is 5.92 Å². The molecule has 0 aromatic carbocycles. The molecule has 2 radical (unpaired) electrons. The van der Waals surface area contributed by atoms with Crippen LogP contribution in [0.1, 0.15) is 6.92 Å². The maximum absolute atomic E-state index is 8.48. The summed E-state index contributed by atoms with van der Waals surface area (Å²) in [5.74, 6) is 0.318. The average molecular weight is 113 g/mol. The molecule has 0 aromatic heterocycles. The Kier molecular flexibility index (Phi) is 5.12. The van der Waals surface area contributed by atoms with Crippen molar-refractivity contribution in [2.75, 3.05) is 19.6 Å². The Morgan fingerprint density at radius 3 is 2.75 bits per heavy atom. The van der Waals surface area contributed by atoms with Crippen molar-refractivity contribution in [3.05, 3.63) is 0 Å². The summed E-state index contributed by atoms with van der Waals surface area (Å²) in [6.45, 7) is 2.99. The van der Waals surface area contributed by atoms with Gasteiger partial charge in [-0.3, -0.25) is 0 Å². The Morgan fingerprint density at radius 1 is 1.75 bits per heavy atom. The summed E-state index contributed by atoms with van der Waals surface area (Å²) in [7, 11) is 5.14. The number of hydrogen-bond donors (Lipinski definition) is 2. The summed E-state index contributed by atoms with van der Waals surface area (Å²) in [5, 5.41) is 11.4. The second-order valence-corrected chi connectivity index (χ2v) is 1.95. The van der Waals surface area contributed by atoms with E-state index in [0.717, 1.165) is 6.54 Å². The summed E-state index contributed by atoms with van der Waals surface area (Å²) in [6.07, 6.45) is 0.490. The van der Waals surface area contributed by atoms with Crippen LogP contribution in [0.15, 0.2) is 0 Å². The van der Waals surface area contributed by atoms with Crippen LogP contribution in [0.25, 0.3) is 0 Å². The van der Waals surface area contributed by atoms with E-state index in [1.54, 1.807) is 0 Å². The van der Waals surface area contributed by atoms with Crippen molar-refractivity contribution in [1.29, 1.82) is 0 Å². The van der Waals surface area contributed by atoms with Crippen LogP contribution in [0.5, 0.6) is 0 Å². The number of aliphatic hydroxyl groups is 1. The van der Waals surface area contributed by atoms with E-state index in [1.165, 1.54) is 0 Å². The van der Waals surface area contributed by atoms with Crippen molar-refractivity contribution in [3.8, 4) is 0 Å². The van der Waals surface area contributed by atoms with Gasteiger partial charge in [-0.15, -0.1) is 0 Å². The molecule has 0 aromatic rings. The quantitative estimate of drug-likeness (QED) is 0.474. The standard InChI is InChI=1S/C5H12BNO/c1-5(3-8)2-7-4-6/h5,7-8H,2-4H2,1H3. The predicted octanol–water partition coefficient (Wildman–Crippen LogP) is -0.670. The van der Waals surface area contributed by atoms with Gasteiger partial charge in [-0.2, -0.15) is 0 Å². The molecule has 2 nitrogen and oxygen atoms in total. The molecule has 0 aliphatic heterocycles. The van der Waals surface area contributed by atoms with E-state index in [2.05, 4.69) is 5.32 Å². The van der Waals surface area contributed by atoms with Crippen LogP contribution < -0.4 is 5.32 Å². The molecular formula is C5H12BNO. The number of aliphatic hydroxyl groups excluding tert-OH is 1. The second-order valence-electron chi connectivity index (χ2n) is 1.95. The molecule has 3 heteroatoms. The van der Waals surface area contributed by atoms with Crippen molar-refractivity contribution in [3.63, 3.8) is 0 Å². The van der Waals surface area contributed by atoms with Gasteiger partial charge in [0.05, 0.1) is 7.85 Å². The van der Waals surface area contributed by atoms with E-state index < -0.39 is 0 Å². The molecule has 1 atom stereocenters. The molecule has 0 fully saturated rings.